The number of nitrogens with zero attached hydrogens (tertiary/aromatic N) is 3. The van der Waals surface area contributed by atoms with E-state index in [1.165, 1.54) is 12.1 Å². The minimum atomic E-state index is -4.41. The van der Waals surface area contributed by atoms with E-state index in [1.54, 1.807) is 47.3 Å². The third-order valence-electron chi connectivity index (χ3n) is 4.62. The Morgan fingerprint density at radius 3 is 2.81 bits per heavy atom. The fourth-order valence-electron chi connectivity index (χ4n) is 3.21. The zero-order valence-electron chi connectivity index (χ0n) is 17.0. The van der Waals surface area contributed by atoms with E-state index in [9.17, 15) is 18.0 Å². The Balaban J connectivity index is 1.49. The van der Waals surface area contributed by atoms with Gasteiger partial charge in [0.25, 0.3) is 5.91 Å². The van der Waals surface area contributed by atoms with Gasteiger partial charge < -0.3 is 10.1 Å². The van der Waals surface area contributed by atoms with Crippen LogP contribution in [0.5, 0.6) is 5.75 Å². The summed E-state index contributed by atoms with van der Waals surface area (Å²) in [4.78, 5) is 18.6. The number of nitrogens with one attached hydrogen (secondary N) is 1. The first-order valence-corrected chi connectivity index (χ1v) is 10.6. The Kier molecular flexibility index (Phi) is 6.13. The maximum absolute atomic E-state index is 12.9. The Hall–Kier alpha value is -3.40. The van der Waals surface area contributed by atoms with Gasteiger partial charge >= 0.3 is 6.18 Å². The number of alkyl halides is 3. The number of halogens is 3. The van der Waals surface area contributed by atoms with Gasteiger partial charge in [-0.05, 0) is 42.1 Å². The van der Waals surface area contributed by atoms with Crippen molar-refractivity contribution in [3.05, 3.63) is 75.7 Å². The van der Waals surface area contributed by atoms with Gasteiger partial charge in [-0.3, -0.25) is 4.79 Å². The minimum absolute atomic E-state index is 0.0890. The lowest BCUT2D eigenvalue weighted by Crippen LogP contribution is -2.23. The molecule has 6 nitrogen and oxygen atoms in total. The van der Waals surface area contributed by atoms with Crippen molar-refractivity contribution in [2.45, 2.75) is 26.2 Å². The molecule has 0 saturated heterocycles. The van der Waals surface area contributed by atoms with Crippen LogP contribution in [0, 0.1) is 6.92 Å². The Morgan fingerprint density at radius 2 is 2.06 bits per heavy atom. The van der Waals surface area contributed by atoms with Crippen LogP contribution in [0.15, 0.2) is 54.0 Å². The molecule has 0 bridgehead atoms. The fourth-order valence-corrected chi connectivity index (χ4v) is 3.90. The zero-order chi connectivity index (χ0) is 22.7. The summed E-state index contributed by atoms with van der Waals surface area (Å²) in [7, 11) is 0. The number of rotatable bonds is 7. The SMILES string of the molecule is Cc1cc(C(=O)NCc2cccc(OCC(F)(F)F)c2)c2cnn(Cc3cccs3)c2n1. The number of carbonyl (C=O) groups is 1. The largest absolute Gasteiger partial charge is 0.484 e. The monoisotopic (exact) mass is 460 g/mol. The molecule has 0 saturated carbocycles. The number of hydrogen-bond acceptors (Lipinski definition) is 5. The smallest absolute Gasteiger partial charge is 0.422 e. The molecule has 3 aromatic heterocycles. The number of aromatic nitrogens is 3. The average molecular weight is 460 g/mol. The van der Waals surface area contributed by atoms with Crippen molar-refractivity contribution in [1.82, 2.24) is 20.1 Å². The van der Waals surface area contributed by atoms with Crippen molar-refractivity contribution in [1.29, 1.82) is 0 Å². The van der Waals surface area contributed by atoms with E-state index >= 15 is 0 Å². The summed E-state index contributed by atoms with van der Waals surface area (Å²) in [5.41, 5.74) is 2.35. The quantitative estimate of drug-likeness (QED) is 0.433. The standard InChI is InChI=1S/C22H19F3N4O2S/c1-14-8-18(19-11-27-29(20(19)28-14)12-17-6-3-7-32-17)21(30)26-10-15-4-2-5-16(9-15)31-13-22(23,24)25/h2-9,11H,10,12-13H2,1H3,(H,26,30). The van der Waals surface area contributed by atoms with Gasteiger partial charge in [-0.15, -0.1) is 11.3 Å². The van der Waals surface area contributed by atoms with Crippen LogP contribution in [-0.4, -0.2) is 33.5 Å². The molecule has 1 N–H and O–H groups in total. The maximum atomic E-state index is 12.9. The van der Waals surface area contributed by atoms with Crippen LogP contribution in [0.4, 0.5) is 13.2 Å². The Labute approximate surface area is 185 Å². The molecule has 32 heavy (non-hydrogen) atoms. The second-order valence-electron chi connectivity index (χ2n) is 7.16. The van der Waals surface area contributed by atoms with Crippen molar-refractivity contribution in [3.63, 3.8) is 0 Å². The highest BCUT2D eigenvalue weighted by Crippen LogP contribution is 2.22. The molecule has 0 aliphatic heterocycles. The van der Waals surface area contributed by atoms with Gasteiger partial charge in [-0.25, -0.2) is 9.67 Å². The van der Waals surface area contributed by atoms with Crippen LogP contribution in [0.1, 0.15) is 26.5 Å². The summed E-state index contributed by atoms with van der Waals surface area (Å²) in [6, 6.07) is 11.9. The van der Waals surface area contributed by atoms with Crippen molar-refractivity contribution in [2.24, 2.45) is 0 Å². The summed E-state index contributed by atoms with van der Waals surface area (Å²) >= 11 is 1.62. The first-order chi connectivity index (χ1) is 15.3. The van der Waals surface area contributed by atoms with Gasteiger partial charge in [-0.1, -0.05) is 18.2 Å². The van der Waals surface area contributed by atoms with Crippen LogP contribution in [0.3, 0.4) is 0 Å². The summed E-state index contributed by atoms with van der Waals surface area (Å²) in [5, 5.41) is 9.83. The molecule has 1 amide bonds. The molecule has 0 atom stereocenters. The van der Waals surface area contributed by atoms with Gasteiger partial charge in [-0.2, -0.15) is 18.3 Å². The molecule has 1 aromatic carbocycles. The number of ether oxygens (including phenoxy) is 1. The molecule has 166 valence electrons. The third-order valence-corrected chi connectivity index (χ3v) is 5.48. The number of carbonyl (C=O) groups excluding carboxylic acids is 1. The first-order valence-electron chi connectivity index (χ1n) is 9.71. The zero-order valence-corrected chi connectivity index (χ0v) is 17.8. The number of thiophene rings is 1. The molecule has 4 aromatic rings. The summed E-state index contributed by atoms with van der Waals surface area (Å²) in [6.45, 7) is 1.13. The lowest BCUT2D eigenvalue weighted by molar-refractivity contribution is -0.153. The van der Waals surface area contributed by atoms with E-state index in [0.717, 1.165) is 4.88 Å². The lowest BCUT2D eigenvalue weighted by Gasteiger charge is -2.11. The molecule has 0 spiro atoms. The molecule has 10 heteroatoms. The first kappa shape index (κ1) is 21.8. The van der Waals surface area contributed by atoms with E-state index in [2.05, 4.69) is 15.4 Å². The van der Waals surface area contributed by atoms with E-state index in [0.29, 0.717) is 34.4 Å². The van der Waals surface area contributed by atoms with Crippen LogP contribution in [0.2, 0.25) is 0 Å². The summed E-state index contributed by atoms with van der Waals surface area (Å²) in [5.74, 6) is -0.233. The molecule has 0 aliphatic carbocycles. The molecule has 0 radical (unpaired) electrons. The highest BCUT2D eigenvalue weighted by molar-refractivity contribution is 7.09. The minimum Gasteiger partial charge on any atom is -0.484 e. The summed E-state index contributed by atoms with van der Waals surface area (Å²) < 4.78 is 43.6. The van der Waals surface area contributed by atoms with Gasteiger partial charge in [0, 0.05) is 17.1 Å². The van der Waals surface area contributed by atoms with Crippen LogP contribution in [-0.2, 0) is 13.1 Å². The van der Waals surface area contributed by atoms with Gasteiger partial charge in [0.2, 0.25) is 0 Å². The Bertz CT molecular complexity index is 1240. The lowest BCUT2D eigenvalue weighted by atomic mass is 10.1. The van der Waals surface area contributed by atoms with E-state index in [-0.39, 0.29) is 18.2 Å². The topological polar surface area (TPSA) is 69.0 Å². The van der Waals surface area contributed by atoms with E-state index in [4.69, 9.17) is 4.74 Å². The van der Waals surface area contributed by atoms with Crippen molar-refractivity contribution < 1.29 is 22.7 Å². The number of aryl methyl sites for hydroxylation is 1. The van der Waals surface area contributed by atoms with E-state index in [1.807, 2.05) is 17.5 Å². The molecule has 3 heterocycles. The normalized spacial score (nSPS) is 11.6. The predicted octanol–water partition coefficient (Wildman–Crippen LogP) is 4.72. The number of amides is 1. The van der Waals surface area contributed by atoms with Crippen molar-refractivity contribution >= 4 is 28.3 Å². The molecule has 0 unspecified atom stereocenters. The third kappa shape index (κ3) is 5.25. The number of pyridine rings is 1. The molecular formula is C22H19F3N4O2S. The molecule has 0 fully saturated rings. The van der Waals surface area contributed by atoms with Crippen LogP contribution >= 0.6 is 11.3 Å². The maximum Gasteiger partial charge on any atom is 0.422 e. The van der Waals surface area contributed by atoms with Gasteiger partial charge in [0.15, 0.2) is 12.3 Å². The highest BCUT2D eigenvalue weighted by Gasteiger charge is 2.28. The van der Waals surface area contributed by atoms with E-state index < -0.39 is 12.8 Å². The number of benzene rings is 1. The predicted molar refractivity (Wildman–Crippen MR) is 115 cm³/mol. The molecule has 4 rings (SSSR count). The second-order valence-corrected chi connectivity index (χ2v) is 8.20. The highest BCUT2D eigenvalue weighted by atomic mass is 32.1. The van der Waals surface area contributed by atoms with Gasteiger partial charge in [0.05, 0.1) is 23.7 Å². The molecule has 0 aliphatic rings. The number of fused-ring (bicyclic) bond motifs is 1. The second kappa shape index (κ2) is 8.99. The van der Waals surface area contributed by atoms with Crippen LogP contribution in [0.25, 0.3) is 11.0 Å². The van der Waals surface area contributed by atoms with Crippen molar-refractivity contribution in [3.8, 4) is 5.75 Å². The Morgan fingerprint density at radius 1 is 1.22 bits per heavy atom. The number of hydrogen-bond donors (Lipinski definition) is 1. The fraction of sp³-hybridized carbons (Fsp3) is 0.227. The van der Waals surface area contributed by atoms with Crippen LogP contribution < -0.4 is 10.1 Å². The summed E-state index contributed by atoms with van der Waals surface area (Å²) in [6.07, 6.45) is -2.79. The average Bonchev–Trinajstić information content (AvgIpc) is 3.40. The van der Waals surface area contributed by atoms with Gasteiger partial charge in [0.1, 0.15) is 5.75 Å². The van der Waals surface area contributed by atoms with Crippen molar-refractivity contribution in [2.75, 3.05) is 6.61 Å². The molecular weight excluding hydrogens is 441 g/mol.